The molecule has 0 aliphatic heterocycles. The normalized spacial score (nSPS) is 10.5. The smallest absolute Gasteiger partial charge is 0.0719 e. The summed E-state index contributed by atoms with van der Waals surface area (Å²) in [5.74, 6) is 0. The summed E-state index contributed by atoms with van der Waals surface area (Å²) in [5, 5.41) is 4.72. The maximum atomic E-state index is 6.07. The first-order valence-electron chi connectivity index (χ1n) is 4.65. The van der Waals surface area contributed by atoms with Crippen LogP contribution in [0.4, 0.5) is 5.69 Å². The van der Waals surface area contributed by atoms with Crippen LogP contribution in [0, 0.1) is 0 Å². The topological polar surface area (TPSA) is 56.7 Å². The second-order valence-electron chi connectivity index (χ2n) is 3.12. The molecule has 0 aromatic carbocycles. The number of nitrogens with zero attached hydrogens (tertiary/aromatic N) is 3. The number of aryl methyl sites for hydroxylation is 1. The average molecular weight is 223 g/mol. The fraction of sp³-hybridized carbons (Fsp3) is 0.200. The fourth-order valence-electron chi connectivity index (χ4n) is 1.52. The van der Waals surface area contributed by atoms with Crippen LogP contribution in [0.25, 0.3) is 11.3 Å². The summed E-state index contributed by atoms with van der Waals surface area (Å²) in [6, 6.07) is 1.89. The van der Waals surface area contributed by atoms with Gasteiger partial charge in [-0.1, -0.05) is 11.6 Å². The van der Waals surface area contributed by atoms with Crippen LogP contribution < -0.4 is 5.73 Å². The van der Waals surface area contributed by atoms with Crippen LogP contribution in [0.5, 0.6) is 0 Å². The Morgan fingerprint density at radius 3 is 2.93 bits per heavy atom. The van der Waals surface area contributed by atoms with Gasteiger partial charge in [-0.05, 0) is 13.0 Å². The number of hydrogen-bond donors (Lipinski definition) is 1. The Morgan fingerprint density at radius 1 is 1.47 bits per heavy atom. The van der Waals surface area contributed by atoms with Crippen LogP contribution in [0.2, 0.25) is 5.02 Å². The number of nitrogens with two attached hydrogens (primary N) is 1. The minimum absolute atomic E-state index is 0.546. The number of hydrogen-bond acceptors (Lipinski definition) is 3. The fourth-order valence-corrected chi connectivity index (χ4v) is 1.78. The zero-order chi connectivity index (χ0) is 10.8. The molecule has 0 radical (unpaired) electrons. The Hall–Kier alpha value is -1.55. The van der Waals surface area contributed by atoms with Crippen molar-refractivity contribution in [2.24, 2.45) is 0 Å². The highest BCUT2D eigenvalue weighted by Crippen LogP contribution is 2.31. The van der Waals surface area contributed by atoms with Crippen molar-refractivity contribution in [2.45, 2.75) is 13.5 Å². The van der Waals surface area contributed by atoms with E-state index >= 15 is 0 Å². The molecule has 0 bridgehead atoms. The Labute approximate surface area is 92.7 Å². The van der Waals surface area contributed by atoms with Crippen LogP contribution in [0.3, 0.4) is 0 Å². The summed E-state index contributed by atoms with van der Waals surface area (Å²) < 4.78 is 1.84. The third kappa shape index (κ3) is 1.68. The maximum absolute atomic E-state index is 6.07. The molecule has 2 rings (SSSR count). The first kappa shape index (κ1) is 9.98. The lowest BCUT2D eigenvalue weighted by Crippen LogP contribution is -2.01. The molecule has 15 heavy (non-hydrogen) atoms. The molecule has 2 aromatic rings. The van der Waals surface area contributed by atoms with Crippen LogP contribution in [-0.2, 0) is 6.54 Å². The highest BCUT2D eigenvalue weighted by molar-refractivity contribution is 6.33. The lowest BCUT2D eigenvalue weighted by atomic mass is 10.1. The molecule has 0 amide bonds. The van der Waals surface area contributed by atoms with Crippen molar-refractivity contribution in [3.8, 4) is 11.3 Å². The number of halogens is 1. The van der Waals surface area contributed by atoms with E-state index in [0.717, 1.165) is 17.8 Å². The van der Waals surface area contributed by atoms with Gasteiger partial charge in [-0.3, -0.25) is 9.67 Å². The van der Waals surface area contributed by atoms with Crippen molar-refractivity contribution >= 4 is 17.3 Å². The Bertz CT molecular complexity index is 458. The second kappa shape index (κ2) is 3.90. The van der Waals surface area contributed by atoms with Gasteiger partial charge in [0.25, 0.3) is 0 Å². The van der Waals surface area contributed by atoms with E-state index in [-0.39, 0.29) is 0 Å². The molecule has 0 unspecified atom stereocenters. The summed E-state index contributed by atoms with van der Waals surface area (Å²) in [6.45, 7) is 2.79. The Morgan fingerprint density at radius 2 is 2.27 bits per heavy atom. The van der Waals surface area contributed by atoms with Crippen molar-refractivity contribution < 1.29 is 0 Å². The predicted octanol–water partition coefficient (Wildman–Crippen LogP) is 2.20. The number of anilines is 1. The van der Waals surface area contributed by atoms with E-state index in [1.54, 1.807) is 18.6 Å². The van der Waals surface area contributed by atoms with Gasteiger partial charge < -0.3 is 5.73 Å². The molecule has 2 aromatic heterocycles. The minimum Gasteiger partial charge on any atom is -0.397 e. The third-order valence-corrected chi connectivity index (χ3v) is 2.49. The molecule has 2 heterocycles. The second-order valence-corrected chi connectivity index (χ2v) is 3.52. The number of aromatic nitrogens is 3. The number of rotatable bonds is 2. The quantitative estimate of drug-likeness (QED) is 0.848. The average Bonchev–Trinajstić information content (AvgIpc) is 2.65. The summed E-state index contributed by atoms with van der Waals surface area (Å²) >= 11 is 6.07. The summed E-state index contributed by atoms with van der Waals surface area (Å²) in [4.78, 5) is 3.92. The molecule has 78 valence electrons. The molecule has 5 heteroatoms. The first-order chi connectivity index (χ1) is 7.24. The van der Waals surface area contributed by atoms with Crippen molar-refractivity contribution in [3.63, 3.8) is 0 Å². The van der Waals surface area contributed by atoms with Crippen molar-refractivity contribution in [3.05, 3.63) is 29.7 Å². The van der Waals surface area contributed by atoms with Gasteiger partial charge in [-0.2, -0.15) is 5.10 Å². The van der Waals surface area contributed by atoms with Crippen molar-refractivity contribution in [1.82, 2.24) is 14.8 Å². The van der Waals surface area contributed by atoms with Gasteiger partial charge in [-0.25, -0.2) is 0 Å². The summed E-state index contributed by atoms with van der Waals surface area (Å²) in [6.07, 6.45) is 4.91. The van der Waals surface area contributed by atoms with E-state index in [2.05, 4.69) is 10.1 Å². The largest absolute Gasteiger partial charge is 0.397 e. The molecule has 0 saturated carbocycles. The Balaban J connectivity index is 2.63. The van der Waals surface area contributed by atoms with E-state index in [4.69, 9.17) is 17.3 Å². The van der Waals surface area contributed by atoms with E-state index < -0.39 is 0 Å². The molecular weight excluding hydrogens is 212 g/mol. The van der Waals surface area contributed by atoms with Gasteiger partial charge in [0, 0.05) is 24.5 Å². The van der Waals surface area contributed by atoms with Crippen LogP contribution >= 0.6 is 11.6 Å². The SMILES string of the molecule is CCn1nccc1-c1c(N)cncc1Cl. The van der Waals surface area contributed by atoms with Gasteiger partial charge in [0.2, 0.25) is 0 Å². The zero-order valence-corrected chi connectivity index (χ0v) is 9.07. The Kier molecular flexibility index (Phi) is 2.60. The minimum atomic E-state index is 0.546. The third-order valence-electron chi connectivity index (χ3n) is 2.20. The van der Waals surface area contributed by atoms with E-state index in [9.17, 15) is 0 Å². The molecule has 2 N–H and O–H groups in total. The molecular formula is C10H11ClN4. The molecule has 0 atom stereocenters. The molecule has 0 aliphatic rings. The number of pyridine rings is 1. The summed E-state index contributed by atoms with van der Waals surface area (Å²) in [7, 11) is 0. The summed E-state index contributed by atoms with van der Waals surface area (Å²) in [5.41, 5.74) is 8.13. The standard InChI is InChI=1S/C10H11ClN4/c1-2-15-9(3-4-14-15)10-7(11)5-13-6-8(10)12/h3-6H,2,12H2,1H3. The molecule has 0 aliphatic carbocycles. The maximum Gasteiger partial charge on any atom is 0.0719 e. The highest BCUT2D eigenvalue weighted by Gasteiger charge is 2.11. The van der Waals surface area contributed by atoms with Gasteiger partial charge in [0.05, 0.1) is 22.6 Å². The van der Waals surface area contributed by atoms with Crippen molar-refractivity contribution in [1.29, 1.82) is 0 Å². The number of nitrogen functional groups attached to an aromatic ring is 1. The van der Waals surface area contributed by atoms with Gasteiger partial charge in [-0.15, -0.1) is 0 Å². The zero-order valence-electron chi connectivity index (χ0n) is 8.31. The monoisotopic (exact) mass is 222 g/mol. The van der Waals surface area contributed by atoms with Gasteiger partial charge in [0.15, 0.2) is 0 Å². The van der Waals surface area contributed by atoms with E-state index in [1.807, 2.05) is 17.7 Å². The van der Waals surface area contributed by atoms with E-state index in [1.165, 1.54) is 0 Å². The first-order valence-corrected chi connectivity index (χ1v) is 5.03. The molecule has 0 saturated heterocycles. The van der Waals surface area contributed by atoms with Crippen LogP contribution in [0.1, 0.15) is 6.92 Å². The van der Waals surface area contributed by atoms with E-state index in [0.29, 0.717) is 10.7 Å². The lowest BCUT2D eigenvalue weighted by Gasteiger charge is -2.08. The highest BCUT2D eigenvalue weighted by atomic mass is 35.5. The van der Waals surface area contributed by atoms with Gasteiger partial charge >= 0.3 is 0 Å². The molecule has 0 spiro atoms. The van der Waals surface area contributed by atoms with Gasteiger partial charge in [0.1, 0.15) is 0 Å². The lowest BCUT2D eigenvalue weighted by molar-refractivity contribution is 0.667. The predicted molar refractivity (Wildman–Crippen MR) is 60.6 cm³/mol. The van der Waals surface area contributed by atoms with Crippen LogP contribution in [-0.4, -0.2) is 14.8 Å². The molecule has 4 nitrogen and oxygen atoms in total. The molecule has 0 fully saturated rings. The van der Waals surface area contributed by atoms with Crippen LogP contribution in [0.15, 0.2) is 24.7 Å². The van der Waals surface area contributed by atoms with Crippen molar-refractivity contribution in [2.75, 3.05) is 5.73 Å².